The molecule has 1 aliphatic rings. The molecule has 11 heteroatoms. The van der Waals surface area contributed by atoms with E-state index in [1.807, 2.05) is 35.2 Å². The third-order valence-electron chi connectivity index (χ3n) is 4.84. The lowest BCUT2D eigenvalue weighted by Gasteiger charge is -2.21. The van der Waals surface area contributed by atoms with E-state index in [4.69, 9.17) is 4.74 Å². The summed E-state index contributed by atoms with van der Waals surface area (Å²) in [5.41, 5.74) is 0.876. The van der Waals surface area contributed by atoms with E-state index in [0.717, 1.165) is 29.8 Å². The smallest absolute Gasteiger partial charge is 0.460 e. The number of carbonyl (C=O) groups is 1. The first-order valence-electron chi connectivity index (χ1n) is 9.91. The SMILES string of the molecule is O=C(CN1CCCN(S(=O)(=O)c2ccc(OC(F)(F)F)cc2)CC1)OCc1ccccc1. The van der Waals surface area contributed by atoms with E-state index in [2.05, 4.69) is 4.74 Å². The molecule has 1 aliphatic heterocycles. The highest BCUT2D eigenvalue weighted by atomic mass is 32.2. The predicted octanol–water partition coefficient (Wildman–Crippen LogP) is 3.03. The first-order valence-corrected chi connectivity index (χ1v) is 11.4. The van der Waals surface area contributed by atoms with Crippen molar-refractivity contribution < 1.29 is 35.9 Å². The van der Waals surface area contributed by atoms with Gasteiger partial charge in [0.2, 0.25) is 10.0 Å². The Kier molecular flexibility index (Phi) is 7.75. The molecule has 2 aromatic rings. The molecule has 0 unspecified atom stereocenters. The number of sulfonamides is 1. The summed E-state index contributed by atoms with van der Waals surface area (Å²) < 4.78 is 72.9. The van der Waals surface area contributed by atoms with Crippen LogP contribution in [0.1, 0.15) is 12.0 Å². The third-order valence-corrected chi connectivity index (χ3v) is 6.75. The molecule has 0 bridgehead atoms. The van der Waals surface area contributed by atoms with E-state index in [1.54, 1.807) is 0 Å². The largest absolute Gasteiger partial charge is 0.573 e. The molecule has 1 heterocycles. The molecular formula is C21H23F3N2O5S. The number of ether oxygens (including phenoxy) is 2. The van der Waals surface area contributed by atoms with Gasteiger partial charge in [0.25, 0.3) is 0 Å². The van der Waals surface area contributed by atoms with Gasteiger partial charge in [-0.1, -0.05) is 30.3 Å². The number of benzene rings is 2. The van der Waals surface area contributed by atoms with E-state index in [-0.39, 0.29) is 31.1 Å². The van der Waals surface area contributed by atoms with Gasteiger partial charge in [0, 0.05) is 26.2 Å². The van der Waals surface area contributed by atoms with Gasteiger partial charge < -0.3 is 9.47 Å². The van der Waals surface area contributed by atoms with Gasteiger partial charge in [-0.3, -0.25) is 9.69 Å². The minimum absolute atomic E-state index is 0.0458. The molecule has 32 heavy (non-hydrogen) atoms. The number of halogens is 3. The second kappa shape index (κ2) is 10.3. The quantitative estimate of drug-likeness (QED) is 0.577. The molecule has 0 aliphatic carbocycles. The van der Waals surface area contributed by atoms with Gasteiger partial charge in [0.05, 0.1) is 11.4 Å². The molecule has 0 saturated carbocycles. The van der Waals surface area contributed by atoms with E-state index < -0.39 is 28.1 Å². The summed E-state index contributed by atoms with van der Waals surface area (Å²) in [7, 11) is -3.89. The molecule has 0 atom stereocenters. The molecule has 0 radical (unpaired) electrons. The first kappa shape index (κ1) is 24.0. The van der Waals surface area contributed by atoms with Crippen LogP contribution in [0, 0.1) is 0 Å². The fourth-order valence-electron chi connectivity index (χ4n) is 3.27. The Morgan fingerprint density at radius 1 is 0.938 bits per heavy atom. The second-order valence-corrected chi connectivity index (χ2v) is 9.14. The highest BCUT2D eigenvalue weighted by Crippen LogP contribution is 2.25. The molecule has 1 saturated heterocycles. The molecule has 3 rings (SSSR count). The van der Waals surface area contributed by atoms with E-state index in [9.17, 15) is 26.4 Å². The van der Waals surface area contributed by atoms with Gasteiger partial charge in [-0.05, 0) is 36.2 Å². The number of carbonyl (C=O) groups excluding carboxylic acids is 1. The van der Waals surface area contributed by atoms with Crippen LogP contribution in [0.15, 0.2) is 59.5 Å². The molecule has 0 spiro atoms. The average molecular weight is 472 g/mol. The lowest BCUT2D eigenvalue weighted by molar-refractivity contribution is -0.274. The average Bonchev–Trinajstić information content (AvgIpc) is 2.98. The van der Waals surface area contributed by atoms with Crippen LogP contribution in [0.25, 0.3) is 0 Å². The zero-order valence-corrected chi connectivity index (χ0v) is 17.9. The van der Waals surface area contributed by atoms with E-state index >= 15 is 0 Å². The monoisotopic (exact) mass is 472 g/mol. The fraction of sp³-hybridized carbons (Fsp3) is 0.381. The lowest BCUT2D eigenvalue weighted by atomic mass is 10.2. The summed E-state index contributed by atoms with van der Waals surface area (Å²) >= 11 is 0. The predicted molar refractivity (Wildman–Crippen MR) is 109 cm³/mol. The Hall–Kier alpha value is -2.63. The van der Waals surface area contributed by atoms with Gasteiger partial charge in [-0.2, -0.15) is 4.31 Å². The molecule has 2 aromatic carbocycles. The minimum atomic E-state index is -4.85. The summed E-state index contributed by atoms with van der Waals surface area (Å²) in [6, 6.07) is 13.4. The summed E-state index contributed by atoms with van der Waals surface area (Å²) in [5.74, 6) is -0.891. The van der Waals surface area contributed by atoms with Crippen LogP contribution in [-0.4, -0.2) is 62.7 Å². The van der Waals surface area contributed by atoms with Crippen molar-refractivity contribution in [1.82, 2.24) is 9.21 Å². The van der Waals surface area contributed by atoms with Gasteiger partial charge in [0.15, 0.2) is 0 Å². The van der Waals surface area contributed by atoms with Crippen LogP contribution >= 0.6 is 0 Å². The molecule has 0 aromatic heterocycles. The number of rotatable bonds is 7. The summed E-state index contributed by atoms with van der Waals surface area (Å²) in [4.78, 5) is 13.8. The van der Waals surface area contributed by atoms with Crippen molar-refractivity contribution >= 4 is 16.0 Å². The molecule has 7 nitrogen and oxygen atoms in total. The van der Waals surface area contributed by atoms with Gasteiger partial charge in [-0.15, -0.1) is 13.2 Å². The Balaban J connectivity index is 1.54. The third kappa shape index (κ3) is 6.94. The van der Waals surface area contributed by atoms with E-state index in [1.165, 1.54) is 4.31 Å². The number of hydrogen-bond acceptors (Lipinski definition) is 6. The molecular weight excluding hydrogens is 449 g/mol. The van der Waals surface area contributed by atoms with Gasteiger partial charge >= 0.3 is 12.3 Å². The van der Waals surface area contributed by atoms with Crippen molar-refractivity contribution in [3.05, 3.63) is 60.2 Å². The van der Waals surface area contributed by atoms with Crippen LogP contribution in [0.3, 0.4) is 0 Å². The summed E-state index contributed by atoms with van der Waals surface area (Å²) in [5, 5.41) is 0. The van der Waals surface area contributed by atoms with Crippen molar-refractivity contribution in [1.29, 1.82) is 0 Å². The van der Waals surface area contributed by atoms with Crippen LogP contribution in [-0.2, 0) is 26.2 Å². The maximum absolute atomic E-state index is 12.9. The Bertz CT molecular complexity index is 998. The Morgan fingerprint density at radius 2 is 1.62 bits per heavy atom. The van der Waals surface area contributed by atoms with Crippen molar-refractivity contribution in [2.45, 2.75) is 24.3 Å². The maximum Gasteiger partial charge on any atom is 0.573 e. The molecule has 0 amide bonds. The lowest BCUT2D eigenvalue weighted by Crippen LogP contribution is -2.37. The Morgan fingerprint density at radius 3 is 2.28 bits per heavy atom. The zero-order valence-electron chi connectivity index (χ0n) is 17.1. The van der Waals surface area contributed by atoms with Crippen molar-refractivity contribution in [2.24, 2.45) is 0 Å². The first-order chi connectivity index (χ1) is 15.1. The van der Waals surface area contributed by atoms with Crippen LogP contribution in [0.2, 0.25) is 0 Å². The summed E-state index contributed by atoms with van der Waals surface area (Å²) in [6.07, 6.45) is -4.35. The van der Waals surface area contributed by atoms with Crippen LogP contribution in [0.5, 0.6) is 5.75 Å². The standard InChI is InChI=1S/C21H23F3N2O5S/c22-21(23,24)31-18-7-9-19(10-8-18)32(28,29)26-12-4-11-25(13-14-26)15-20(27)30-16-17-5-2-1-3-6-17/h1-3,5-10H,4,11-16H2. The second-order valence-electron chi connectivity index (χ2n) is 7.20. The molecule has 0 N–H and O–H groups in total. The van der Waals surface area contributed by atoms with Crippen molar-refractivity contribution in [2.75, 3.05) is 32.7 Å². The topological polar surface area (TPSA) is 76.2 Å². The number of esters is 1. The van der Waals surface area contributed by atoms with Crippen molar-refractivity contribution in [3.63, 3.8) is 0 Å². The van der Waals surface area contributed by atoms with Crippen LogP contribution < -0.4 is 4.74 Å². The maximum atomic E-state index is 12.9. The van der Waals surface area contributed by atoms with Crippen LogP contribution in [0.4, 0.5) is 13.2 Å². The van der Waals surface area contributed by atoms with E-state index in [0.29, 0.717) is 19.5 Å². The highest BCUT2D eigenvalue weighted by Gasteiger charge is 2.32. The van der Waals surface area contributed by atoms with Crippen molar-refractivity contribution in [3.8, 4) is 5.75 Å². The summed E-state index contributed by atoms with van der Waals surface area (Å²) in [6.45, 7) is 1.44. The van der Waals surface area contributed by atoms with Gasteiger partial charge in [-0.25, -0.2) is 8.42 Å². The highest BCUT2D eigenvalue weighted by molar-refractivity contribution is 7.89. The zero-order chi connectivity index (χ0) is 23.2. The van der Waals surface area contributed by atoms with Gasteiger partial charge in [0.1, 0.15) is 12.4 Å². The number of nitrogens with zero attached hydrogens (tertiary/aromatic N) is 2. The molecule has 174 valence electrons. The normalized spacial score (nSPS) is 16.3. The fourth-order valence-corrected chi connectivity index (χ4v) is 4.74. The molecule has 1 fully saturated rings. The number of hydrogen-bond donors (Lipinski definition) is 0. The number of alkyl halides is 3. The Labute approximate surface area is 184 Å². The minimum Gasteiger partial charge on any atom is -0.460 e.